The van der Waals surface area contributed by atoms with Gasteiger partial charge in [-0.15, -0.1) is 0 Å². The van der Waals surface area contributed by atoms with Crippen molar-refractivity contribution in [2.75, 3.05) is 13.2 Å². The molecule has 17 heavy (non-hydrogen) atoms. The van der Waals surface area contributed by atoms with Gasteiger partial charge in [-0.1, -0.05) is 15.9 Å². The lowest BCUT2D eigenvalue weighted by Gasteiger charge is -2.21. The molecule has 0 saturated carbocycles. The Morgan fingerprint density at radius 1 is 1.59 bits per heavy atom. The number of nitrogens with two attached hydrogens (primary N) is 1. The smallest absolute Gasteiger partial charge is 0.126 e. The standard InChI is InChI=1S/C12H16BrFN2O/c13-10-1-2-11(14)9(5-10)6-12(16-15)8-3-4-17-7-8/h1-2,5,8,12,16H,3-4,6-7,15H2. The van der Waals surface area contributed by atoms with E-state index in [0.29, 0.717) is 24.5 Å². The van der Waals surface area contributed by atoms with E-state index in [2.05, 4.69) is 21.4 Å². The second-order valence-electron chi connectivity index (χ2n) is 4.34. The second kappa shape index (κ2) is 5.91. The average molecular weight is 303 g/mol. The van der Waals surface area contributed by atoms with Crippen molar-refractivity contribution in [3.05, 3.63) is 34.1 Å². The van der Waals surface area contributed by atoms with Gasteiger partial charge in [-0.05, 0) is 36.6 Å². The van der Waals surface area contributed by atoms with Gasteiger partial charge in [0.25, 0.3) is 0 Å². The highest BCUT2D eigenvalue weighted by molar-refractivity contribution is 9.10. The minimum Gasteiger partial charge on any atom is -0.381 e. The van der Waals surface area contributed by atoms with E-state index in [1.54, 1.807) is 12.1 Å². The quantitative estimate of drug-likeness (QED) is 0.661. The molecule has 1 aromatic carbocycles. The molecule has 1 aliphatic rings. The molecule has 0 aliphatic carbocycles. The Bertz CT molecular complexity index is 383. The van der Waals surface area contributed by atoms with Crippen molar-refractivity contribution in [2.45, 2.75) is 18.9 Å². The molecule has 2 rings (SSSR count). The van der Waals surface area contributed by atoms with Gasteiger partial charge in [0, 0.05) is 23.0 Å². The molecule has 1 aliphatic heterocycles. The maximum atomic E-state index is 13.6. The number of rotatable bonds is 4. The summed E-state index contributed by atoms with van der Waals surface area (Å²) in [7, 11) is 0. The van der Waals surface area contributed by atoms with Gasteiger partial charge in [-0.2, -0.15) is 0 Å². The van der Waals surface area contributed by atoms with Crippen molar-refractivity contribution < 1.29 is 9.13 Å². The van der Waals surface area contributed by atoms with Gasteiger partial charge in [-0.3, -0.25) is 11.3 Å². The molecule has 0 radical (unpaired) electrons. The minimum absolute atomic E-state index is 0.0568. The van der Waals surface area contributed by atoms with Gasteiger partial charge in [0.2, 0.25) is 0 Å². The van der Waals surface area contributed by atoms with E-state index in [9.17, 15) is 4.39 Å². The molecule has 0 amide bonds. The molecule has 94 valence electrons. The van der Waals surface area contributed by atoms with E-state index < -0.39 is 0 Å². The molecule has 1 fully saturated rings. The predicted molar refractivity (Wildman–Crippen MR) is 67.8 cm³/mol. The molecule has 2 atom stereocenters. The fourth-order valence-electron chi connectivity index (χ4n) is 2.17. The van der Waals surface area contributed by atoms with Crippen LogP contribution in [0.15, 0.2) is 22.7 Å². The molecule has 1 heterocycles. The average Bonchev–Trinajstić information content (AvgIpc) is 2.84. The van der Waals surface area contributed by atoms with Crippen LogP contribution >= 0.6 is 15.9 Å². The normalized spacial score (nSPS) is 21.7. The molecule has 5 heteroatoms. The SMILES string of the molecule is NNC(Cc1cc(Br)ccc1F)C1CCOC1. The van der Waals surface area contributed by atoms with E-state index >= 15 is 0 Å². The van der Waals surface area contributed by atoms with Gasteiger partial charge < -0.3 is 4.74 Å². The number of halogens is 2. The largest absolute Gasteiger partial charge is 0.381 e. The zero-order chi connectivity index (χ0) is 12.3. The number of nitrogens with one attached hydrogen (secondary N) is 1. The summed E-state index contributed by atoms with van der Waals surface area (Å²) in [6.45, 7) is 1.47. The topological polar surface area (TPSA) is 47.3 Å². The lowest BCUT2D eigenvalue weighted by Crippen LogP contribution is -2.42. The maximum absolute atomic E-state index is 13.6. The molecule has 0 spiro atoms. The van der Waals surface area contributed by atoms with Crippen LogP contribution in [0.2, 0.25) is 0 Å². The van der Waals surface area contributed by atoms with Crippen molar-refractivity contribution in [1.82, 2.24) is 5.43 Å². The van der Waals surface area contributed by atoms with Crippen molar-refractivity contribution in [3.63, 3.8) is 0 Å². The minimum atomic E-state index is -0.188. The summed E-state index contributed by atoms with van der Waals surface area (Å²) >= 11 is 3.35. The van der Waals surface area contributed by atoms with Gasteiger partial charge in [0.15, 0.2) is 0 Å². The second-order valence-corrected chi connectivity index (χ2v) is 5.25. The van der Waals surface area contributed by atoms with Crippen molar-refractivity contribution in [1.29, 1.82) is 0 Å². The molecule has 3 nitrogen and oxygen atoms in total. The van der Waals surface area contributed by atoms with Crippen LogP contribution in [0.4, 0.5) is 4.39 Å². The Labute approximate surface area is 109 Å². The van der Waals surface area contributed by atoms with Crippen molar-refractivity contribution in [2.24, 2.45) is 11.8 Å². The molecule has 1 aromatic rings. The van der Waals surface area contributed by atoms with Crippen LogP contribution in [-0.4, -0.2) is 19.3 Å². The Morgan fingerprint density at radius 2 is 2.41 bits per heavy atom. The van der Waals surface area contributed by atoms with Crippen LogP contribution < -0.4 is 11.3 Å². The molecule has 3 N–H and O–H groups in total. The van der Waals surface area contributed by atoms with Crippen LogP contribution in [0, 0.1) is 11.7 Å². The molecule has 0 bridgehead atoms. The van der Waals surface area contributed by atoms with Crippen LogP contribution in [0.3, 0.4) is 0 Å². The van der Waals surface area contributed by atoms with Crippen molar-refractivity contribution >= 4 is 15.9 Å². The monoisotopic (exact) mass is 302 g/mol. The first-order chi connectivity index (χ1) is 8.20. The van der Waals surface area contributed by atoms with Crippen LogP contribution in [0.1, 0.15) is 12.0 Å². The van der Waals surface area contributed by atoms with E-state index in [1.165, 1.54) is 6.07 Å². The lowest BCUT2D eigenvalue weighted by atomic mass is 9.93. The van der Waals surface area contributed by atoms with Gasteiger partial charge in [-0.25, -0.2) is 4.39 Å². The number of hydrogen-bond donors (Lipinski definition) is 2. The fourth-order valence-corrected chi connectivity index (χ4v) is 2.58. The van der Waals surface area contributed by atoms with E-state index in [1.807, 2.05) is 0 Å². The molecular formula is C12H16BrFN2O. The molecular weight excluding hydrogens is 287 g/mol. The van der Waals surface area contributed by atoms with Crippen molar-refractivity contribution in [3.8, 4) is 0 Å². The first-order valence-corrected chi connectivity index (χ1v) is 6.48. The third-order valence-electron chi connectivity index (χ3n) is 3.20. The number of hydrazine groups is 1. The summed E-state index contributed by atoms with van der Waals surface area (Å²) in [5.74, 6) is 5.72. The summed E-state index contributed by atoms with van der Waals surface area (Å²) in [5.41, 5.74) is 3.45. The van der Waals surface area contributed by atoms with Crippen LogP contribution in [0.25, 0.3) is 0 Å². The number of benzene rings is 1. The summed E-state index contributed by atoms with van der Waals surface area (Å²) in [6.07, 6.45) is 1.56. The maximum Gasteiger partial charge on any atom is 0.126 e. The van der Waals surface area contributed by atoms with Gasteiger partial charge in [0.1, 0.15) is 5.82 Å². The molecule has 1 saturated heterocycles. The first-order valence-electron chi connectivity index (χ1n) is 5.68. The molecule has 2 unspecified atom stereocenters. The first kappa shape index (κ1) is 13.0. The zero-order valence-electron chi connectivity index (χ0n) is 9.46. The summed E-state index contributed by atoms with van der Waals surface area (Å²) in [6, 6.07) is 5.03. The van der Waals surface area contributed by atoms with E-state index in [4.69, 9.17) is 10.6 Å². The van der Waals surface area contributed by atoms with Crippen LogP contribution in [-0.2, 0) is 11.2 Å². The third-order valence-corrected chi connectivity index (χ3v) is 3.69. The van der Waals surface area contributed by atoms with Gasteiger partial charge >= 0.3 is 0 Å². The Morgan fingerprint density at radius 3 is 3.06 bits per heavy atom. The Balaban J connectivity index is 2.09. The highest BCUT2D eigenvalue weighted by Crippen LogP contribution is 2.22. The number of hydrogen-bond acceptors (Lipinski definition) is 3. The summed E-state index contributed by atoms with van der Waals surface area (Å²) in [5, 5.41) is 0. The summed E-state index contributed by atoms with van der Waals surface area (Å²) in [4.78, 5) is 0. The Kier molecular flexibility index (Phi) is 4.50. The van der Waals surface area contributed by atoms with E-state index in [-0.39, 0.29) is 11.9 Å². The zero-order valence-corrected chi connectivity index (χ0v) is 11.0. The lowest BCUT2D eigenvalue weighted by molar-refractivity contribution is 0.176. The highest BCUT2D eigenvalue weighted by atomic mass is 79.9. The van der Waals surface area contributed by atoms with Gasteiger partial charge in [0.05, 0.1) is 6.61 Å². The fraction of sp³-hybridized carbons (Fsp3) is 0.500. The number of ether oxygens (including phenoxy) is 1. The predicted octanol–water partition coefficient (Wildman–Crippen LogP) is 2.00. The third kappa shape index (κ3) is 3.25. The highest BCUT2D eigenvalue weighted by Gasteiger charge is 2.25. The van der Waals surface area contributed by atoms with E-state index in [0.717, 1.165) is 17.5 Å². The Hall–Kier alpha value is -0.490. The summed E-state index contributed by atoms with van der Waals surface area (Å²) < 4.78 is 19.8. The molecule has 0 aromatic heterocycles. The van der Waals surface area contributed by atoms with Crippen LogP contribution in [0.5, 0.6) is 0 Å².